The van der Waals surface area contributed by atoms with Crippen LogP contribution in [0.4, 0.5) is 0 Å². The van der Waals surface area contributed by atoms with Crippen LogP contribution in [0.25, 0.3) is 0 Å². The zero-order valence-electron chi connectivity index (χ0n) is 14.3. The van der Waals surface area contributed by atoms with E-state index in [2.05, 4.69) is 0 Å². The molecule has 0 fully saturated rings. The van der Waals surface area contributed by atoms with Gasteiger partial charge in [0, 0.05) is 32.3 Å². The summed E-state index contributed by atoms with van der Waals surface area (Å²) in [7, 11) is -5.11. The highest BCUT2D eigenvalue weighted by Crippen LogP contribution is 2.51. The Balaban J connectivity index is 2.63. The van der Waals surface area contributed by atoms with Crippen molar-refractivity contribution in [2.45, 2.75) is 4.75 Å². The summed E-state index contributed by atoms with van der Waals surface area (Å²) in [5, 5.41) is 20.7. The Morgan fingerprint density at radius 1 is 0.724 bits per heavy atom. The monoisotopic (exact) mass is 492 g/mol. The maximum Gasteiger partial charge on any atom is 0.283 e. The lowest BCUT2D eigenvalue weighted by atomic mass is 9.83. The topological polar surface area (TPSA) is 94.8 Å². The first-order valence-corrected chi connectivity index (χ1v) is 10.8. The van der Waals surface area contributed by atoms with Gasteiger partial charge in [0.2, 0.25) is 0 Å². The molecule has 3 N–H and O–H groups in total. The lowest BCUT2D eigenvalue weighted by Gasteiger charge is -2.34. The van der Waals surface area contributed by atoms with Crippen LogP contribution in [0.3, 0.4) is 0 Å². The van der Waals surface area contributed by atoms with E-state index in [4.69, 9.17) is 46.4 Å². The lowest BCUT2D eigenvalue weighted by molar-refractivity contribution is 0.434. The van der Waals surface area contributed by atoms with E-state index in [1.807, 2.05) is 0 Å². The molecule has 29 heavy (non-hydrogen) atoms. The minimum Gasteiger partial charge on any atom is -0.508 e. The Hall–Kier alpha value is -1.67. The Morgan fingerprint density at radius 3 is 2.00 bits per heavy atom. The molecular weight excluding hydrogens is 482 g/mol. The molecule has 0 amide bonds. The number of benzene rings is 3. The Labute approximate surface area is 186 Å². The predicted molar refractivity (Wildman–Crippen MR) is 114 cm³/mol. The van der Waals surface area contributed by atoms with Crippen LogP contribution in [0.15, 0.2) is 54.6 Å². The van der Waals surface area contributed by atoms with Crippen molar-refractivity contribution in [3.8, 4) is 11.5 Å². The molecule has 3 aromatic rings. The van der Waals surface area contributed by atoms with Crippen molar-refractivity contribution in [1.82, 2.24) is 0 Å². The van der Waals surface area contributed by atoms with Crippen LogP contribution in [0, 0.1) is 0 Å². The summed E-state index contributed by atoms with van der Waals surface area (Å²) >= 11 is 24.3. The van der Waals surface area contributed by atoms with Gasteiger partial charge in [0.25, 0.3) is 10.1 Å². The molecule has 5 nitrogen and oxygen atoms in total. The zero-order valence-corrected chi connectivity index (χ0v) is 18.1. The van der Waals surface area contributed by atoms with Gasteiger partial charge in [-0.15, -0.1) is 0 Å². The third kappa shape index (κ3) is 3.77. The standard InChI is InChI=1S/C19H12Cl4O5S/c20-11-3-1-2-10(6-11)19(29(26,27)28,13-7-12(21)4-5-15(13)22)14-8-18(25)16(23)9-17(14)24/h1-9,24-25H,(H,26,27,28). The molecule has 152 valence electrons. The smallest absolute Gasteiger partial charge is 0.283 e. The average molecular weight is 494 g/mol. The summed E-state index contributed by atoms with van der Waals surface area (Å²) in [5.74, 6) is -1.13. The highest BCUT2D eigenvalue weighted by atomic mass is 35.5. The average Bonchev–Trinajstić information content (AvgIpc) is 2.61. The molecule has 0 bridgehead atoms. The van der Waals surface area contributed by atoms with Gasteiger partial charge in [0.1, 0.15) is 11.5 Å². The van der Waals surface area contributed by atoms with E-state index in [9.17, 15) is 23.2 Å². The maximum atomic E-state index is 13.0. The van der Waals surface area contributed by atoms with Crippen LogP contribution in [-0.4, -0.2) is 23.2 Å². The van der Waals surface area contributed by atoms with Crippen molar-refractivity contribution >= 4 is 56.5 Å². The number of hydrogen-bond acceptors (Lipinski definition) is 4. The third-order valence-corrected chi connectivity index (χ3v) is 6.92. The largest absolute Gasteiger partial charge is 0.508 e. The highest BCUT2D eigenvalue weighted by molar-refractivity contribution is 7.87. The Bertz CT molecular complexity index is 1210. The van der Waals surface area contributed by atoms with Gasteiger partial charge in [-0.1, -0.05) is 58.5 Å². The van der Waals surface area contributed by atoms with E-state index in [1.54, 1.807) is 0 Å². The first-order chi connectivity index (χ1) is 13.5. The summed E-state index contributed by atoms with van der Waals surface area (Å²) in [6, 6.07) is 11.5. The fourth-order valence-corrected chi connectivity index (χ4v) is 5.34. The quantitative estimate of drug-likeness (QED) is 0.239. The van der Waals surface area contributed by atoms with Crippen LogP contribution < -0.4 is 0 Å². The van der Waals surface area contributed by atoms with Gasteiger partial charge in [-0.05, 0) is 42.0 Å². The molecule has 0 heterocycles. The number of phenolic OH excluding ortho intramolecular Hbond substituents is 2. The number of halogens is 4. The molecule has 0 aliphatic carbocycles. The highest BCUT2D eigenvalue weighted by Gasteiger charge is 2.51. The van der Waals surface area contributed by atoms with Gasteiger partial charge in [-0.2, -0.15) is 8.42 Å². The first kappa shape index (κ1) is 22.0. The summed E-state index contributed by atoms with van der Waals surface area (Å²) in [6.07, 6.45) is 0. The first-order valence-electron chi connectivity index (χ1n) is 7.89. The number of phenols is 2. The molecule has 3 aromatic carbocycles. The van der Waals surface area contributed by atoms with Crippen LogP contribution in [0.1, 0.15) is 16.7 Å². The van der Waals surface area contributed by atoms with Crippen LogP contribution in [0.5, 0.6) is 11.5 Å². The number of aromatic hydroxyl groups is 2. The summed E-state index contributed by atoms with van der Waals surface area (Å²) < 4.78 is 33.9. The van der Waals surface area contributed by atoms with Crippen molar-refractivity contribution in [3.05, 3.63) is 91.4 Å². The van der Waals surface area contributed by atoms with Crippen LogP contribution in [0.2, 0.25) is 20.1 Å². The van der Waals surface area contributed by atoms with Gasteiger partial charge in [0.15, 0.2) is 4.75 Å². The fraction of sp³-hybridized carbons (Fsp3) is 0.0526. The maximum absolute atomic E-state index is 13.0. The van der Waals surface area contributed by atoms with Crippen molar-refractivity contribution < 1.29 is 23.2 Å². The SMILES string of the molecule is O=S(=O)(O)C(c1cccc(Cl)c1)(c1cc(O)c(Cl)cc1O)c1cc(Cl)ccc1Cl. The van der Waals surface area contributed by atoms with Gasteiger partial charge in [0.05, 0.1) is 5.02 Å². The summed E-state index contributed by atoms with van der Waals surface area (Å²) in [5.41, 5.74) is -0.601. The van der Waals surface area contributed by atoms with Crippen LogP contribution in [-0.2, 0) is 14.9 Å². The van der Waals surface area contributed by atoms with Gasteiger partial charge >= 0.3 is 0 Å². The number of hydrogen-bond donors (Lipinski definition) is 3. The fourth-order valence-electron chi connectivity index (χ4n) is 3.19. The molecule has 0 aromatic heterocycles. The van der Waals surface area contributed by atoms with E-state index in [-0.39, 0.29) is 31.2 Å². The van der Waals surface area contributed by atoms with E-state index >= 15 is 0 Å². The molecule has 0 radical (unpaired) electrons. The van der Waals surface area contributed by atoms with E-state index in [0.29, 0.717) is 0 Å². The molecule has 0 aliphatic heterocycles. The second-order valence-corrected chi connectivity index (χ2v) is 9.36. The molecule has 0 saturated heterocycles. The molecule has 3 rings (SSSR count). The minimum atomic E-state index is -5.11. The Morgan fingerprint density at radius 2 is 1.38 bits per heavy atom. The van der Waals surface area contributed by atoms with Crippen molar-refractivity contribution in [2.75, 3.05) is 0 Å². The normalized spacial score (nSPS) is 13.8. The number of rotatable bonds is 4. The molecule has 10 heteroatoms. The predicted octanol–water partition coefficient (Wildman–Crippen LogP) is 5.89. The van der Waals surface area contributed by atoms with Crippen molar-refractivity contribution in [3.63, 3.8) is 0 Å². The summed E-state index contributed by atoms with van der Waals surface area (Å²) in [4.78, 5) is 0. The minimum absolute atomic E-state index is 0.0475. The molecule has 0 aliphatic rings. The van der Waals surface area contributed by atoms with E-state index in [0.717, 1.165) is 12.1 Å². The third-order valence-electron chi connectivity index (χ3n) is 4.37. The van der Waals surface area contributed by atoms with Crippen LogP contribution >= 0.6 is 46.4 Å². The summed E-state index contributed by atoms with van der Waals surface area (Å²) in [6.45, 7) is 0. The molecule has 1 unspecified atom stereocenters. The zero-order chi connectivity index (χ0) is 21.6. The lowest BCUT2D eigenvalue weighted by Crippen LogP contribution is -2.38. The molecule has 0 spiro atoms. The van der Waals surface area contributed by atoms with Gasteiger partial charge in [-0.3, -0.25) is 4.55 Å². The molecule has 0 saturated carbocycles. The Kier molecular flexibility index (Phi) is 5.98. The second-order valence-electron chi connectivity index (χ2n) is 6.11. The van der Waals surface area contributed by atoms with Gasteiger partial charge < -0.3 is 10.2 Å². The molecule has 1 atom stereocenters. The van der Waals surface area contributed by atoms with E-state index < -0.39 is 31.9 Å². The molecular formula is C19H12Cl4O5S. The van der Waals surface area contributed by atoms with Gasteiger partial charge in [-0.25, -0.2) is 0 Å². The van der Waals surface area contributed by atoms with Crippen molar-refractivity contribution in [1.29, 1.82) is 0 Å². The van der Waals surface area contributed by atoms with E-state index in [1.165, 1.54) is 42.5 Å². The van der Waals surface area contributed by atoms with Crippen molar-refractivity contribution in [2.24, 2.45) is 0 Å². The second kappa shape index (κ2) is 7.87.